The van der Waals surface area contributed by atoms with Gasteiger partial charge in [0.05, 0.1) is 0 Å². The minimum absolute atomic E-state index is 0.147. The predicted octanol–water partition coefficient (Wildman–Crippen LogP) is 1.72. The molecule has 1 aromatic heterocycles. The standard InChI is InChI=1S/C9H12N2O/c1-3-8(12)7-4-5-11-9(6-7)10-2/h4-6H,3H2,1-2H3,(H,10,11). The number of pyridine rings is 1. The molecule has 64 valence electrons. The molecule has 0 radical (unpaired) electrons. The molecule has 0 saturated heterocycles. The van der Waals surface area contributed by atoms with Crippen molar-refractivity contribution >= 4 is 11.6 Å². The fourth-order valence-corrected chi connectivity index (χ4v) is 0.945. The SMILES string of the molecule is CCC(=O)c1ccnc(NC)c1. The lowest BCUT2D eigenvalue weighted by atomic mass is 10.1. The zero-order valence-corrected chi connectivity index (χ0v) is 7.29. The van der Waals surface area contributed by atoms with Gasteiger partial charge in [0, 0.05) is 25.2 Å². The van der Waals surface area contributed by atoms with E-state index in [0.717, 1.165) is 11.4 Å². The minimum atomic E-state index is 0.147. The molecule has 0 saturated carbocycles. The van der Waals surface area contributed by atoms with Crippen molar-refractivity contribution in [1.29, 1.82) is 0 Å². The summed E-state index contributed by atoms with van der Waals surface area (Å²) in [5.41, 5.74) is 0.719. The summed E-state index contributed by atoms with van der Waals surface area (Å²) in [5, 5.41) is 2.88. The van der Waals surface area contributed by atoms with Gasteiger partial charge in [-0.05, 0) is 12.1 Å². The number of Topliss-reactive ketones (excluding diaryl/α,β-unsaturated/α-hetero) is 1. The van der Waals surface area contributed by atoms with Crippen molar-refractivity contribution in [2.45, 2.75) is 13.3 Å². The Kier molecular flexibility index (Phi) is 2.80. The highest BCUT2D eigenvalue weighted by atomic mass is 16.1. The fraction of sp³-hybridized carbons (Fsp3) is 0.333. The summed E-state index contributed by atoms with van der Waals surface area (Å²) in [6.45, 7) is 1.85. The first kappa shape index (κ1) is 8.71. The summed E-state index contributed by atoms with van der Waals surface area (Å²) in [4.78, 5) is 15.2. The van der Waals surface area contributed by atoms with Crippen LogP contribution in [0, 0.1) is 0 Å². The quantitative estimate of drug-likeness (QED) is 0.691. The van der Waals surface area contributed by atoms with E-state index in [1.807, 2.05) is 6.92 Å². The Balaban J connectivity index is 2.93. The maximum atomic E-state index is 11.2. The van der Waals surface area contributed by atoms with E-state index in [-0.39, 0.29) is 5.78 Å². The molecule has 0 aromatic carbocycles. The van der Waals surface area contributed by atoms with Gasteiger partial charge in [0.1, 0.15) is 5.82 Å². The van der Waals surface area contributed by atoms with Crippen LogP contribution in [-0.2, 0) is 0 Å². The van der Waals surface area contributed by atoms with Crippen LogP contribution in [-0.4, -0.2) is 17.8 Å². The Hall–Kier alpha value is -1.38. The van der Waals surface area contributed by atoms with Crippen LogP contribution in [0.2, 0.25) is 0 Å². The molecule has 0 amide bonds. The molecule has 1 aromatic rings. The van der Waals surface area contributed by atoms with E-state index in [9.17, 15) is 4.79 Å². The molecule has 1 heterocycles. The number of nitrogens with zero attached hydrogens (tertiary/aromatic N) is 1. The highest BCUT2D eigenvalue weighted by molar-refractivity contribution is 5.96. The maximum Gasteiger partial charge on any atom is 0.162 e. The molecule has 12 heavy (non-hydrogen) atoms. The van der Waals surface area contributed by atoms with Crippen LogP contribution in [0.15, 0.2) is 18.3 Å². The number of carbonyl (C=O) groups is 1. The lowest BCUT2D eigenvalue weighted by Crippen LogP contribution is -1.99. The molecule has 1 N–H and O–H groups in total. The molecular weight excluding hydrogens is 152 g/mol. The molecule has 0 atom stereocenters. The lowest BCUT2D eigenvalue weighted by molar-refractivity contribution is 0.0988. The van der Waals surface area contributed by atoms with Crippen molar-refractivity contribution in [1.82, 2.24) is 4.98 Å². The van der Waals surface area contributed by atoms with Crippen LogP contribution in [0.4, 0.5) is 5.82 Å². The molecule has 3 heteroatoms. The molecule has 0 spiro atoms. The molecule has 0 unspecified atom stereocenters. The second kappa shape index (κ2) is 3.85. The zero-order chi connectivity index (χ0) is 8.97. The van der Waals surface area contributed by atoms with Gasteiger partial charge in [-0.2, -0.15) is 0 Å². The lowest BCUT2D eigenvalue weighted by Gasteiger charge is -2.00. The van der Waals surface area contributed by atoms with E-state index in [0.29, 0.717) is 6.42 Å². The van der Waals surface area contributed by atoms with Gasteiger partial charge in [0.15, 0.2) is 5.78 Å². The Bertz CT molecular complexity index is 284. The first-order chi connectivity index (χ1) is 5.77. The molecule has 0 aliphatic carbocycles. The molecule has 0 fully saturated rings. The largest absolute Gasteiger partial charge is 0.373 e. The third kappa shape index (κ3) is 1.81. The third-order valence-corrected chi connectivity index (χ3v) is 1.66. The van der Waals surface area contributed by atoms with E-state index in [1.165, 1.54) is 0 Å². The summed E-state index contributed by atoms with van der Waals surface area (Å²) in [7, 11) is 1.78. The summed E-state index contributed by atoms with van der Waals surface area (Å²) in [5.74, 6) is 0.878. The minimum Gasteiger partial charge on any atom is -0.373 e. The van der Waals surface area contributed by atoms with Crippen LogP contribution in [0.25, 0.3) is 0 Å². The number of ketones is 1. The molecule has 1 rings (SSSR count). The second-order valence-corrected chi connectivity index (χ2v) is 2.46. The van der Waals surface area contributed by atoms with Gasteiger partial charge in [-0.25, -0.2) is 4.98 Å². The molecular formula is C9H12N2O. The normalized spacial score (nSPS) is 9.50. The van der Waals surface area contributed by atoms with Crippen molar-refractivity contribution < 1.29 is 4.79 Å². The van der Waals surface area contributed by atoms with Crippen LogP contribution in [0.5, 0.6) is 0 Å². The van der Waals surface area contributed by atoms with Crippen LogP contribution in [0.3, 0.4) is 0 Å². The van der Waals surface area contributed by atoms with E-state index in [2.05, 4.69) is 10.3 Å². The van der Waals surface area contributed by atoms with Gasteiger partial charge in [-0.3, -0.25) is 4.79 Å². The predicted molar refractivity (Wildman–Crippen MR) is 48.4 cm³/mol. The number of rotatable bonds is 3. The van der Waals surface area contributed by atoms with Gasteiger partial charge in [0.25, 0.3) is 0 Å². The molecule has 0 bridgehead atoms. The average molecular weight is 164 g/mol. The number of hydrogen-bond acceptors (Lipinski definition) is 3. The van der Waals surface area contributed by atoms with Crippen LogP contribution >= 0.6 is 0 Å². The Morgan fingerprint density at radius 1 is 1.67 bits per heavy atom. The highest BCUT2D eigenvalue weighted by Crippen LogP contribution is 2.07. The number of carbonyl (C=O) groups excluding carboxylic acids is 1. The van der Waals surface area contributed by atoms with Crippen LogP contribution in [0.1, 0.15) is 23.7 Å². The first-order valence-corrected chi connectivity index (χ1v) is 3.95. The number of nitrogens with one attached hydrogen (secondary N) is 1. The summed E-state index contributed by atoms with van der Waals surface area (Å²) in [6, 6.07) is 3.48. The first-order valence-electron chi connectivity index (χ1n) is 3.95. The van der Waals surface area contributed by atoms with Crippen molar-refractivity contribution in [3.63, 3.8) is 0 Å². The van der Waals surface area contributed by atoms with E-state index in [4.69, 9.17) is 0 Å². The number of hydrogen-bond donors (Lipinski definition) is 1. The molecule has 0 aliphatic heterocycles. The van der Waals surface area contributed by atoms with E-state index < -0.39 is 0 Å². The average Bonchev–Trinajstić information content (AvgIpc) is 2.17. The van der Waals surface area contributed by atoms with Crippen molar-refractivity contribution in [3.05, 3.63) is 23.9 Å². The van der Waals surface area contributed by atoms with Gasteiger partial charge in [-0.1, -0.05) is 6.92 Å². The zero-order valence-electron chi connectivity index (χ0n) is 7.29. The summed E-state index contributed by atoms with van der Waals surface area (Å²) >= 11 is 0. The smallest absolute Gasteiger partial charge is 0.162 e. The number of aromatic nitrogens is 1. The fourth-order valence-electron chi connectivity index (χ4n) is 0.945. The highest BCUT2D eigenvalue weighted by Gasteiger charge is 2.02. The Labute approximate surface area is 71.8 Å². The topological polar surface area (TPSA) is 42.0 Å². The van der Waals surface area contributed by atoms with E-state index >= 15 is 0 Å². The summed E-state index contributed by atoms with van der Waals surface area (Å²) in [6.07, 6.45) is 2.17. The van der Waals surface area contributed by atoms with Gasteiger partial charge < -0.3 is 5.32 Å². The van der Waals surface area contributed by atoms with Crippen molar-refractivity contribution in [2.75, 3.05) is 12.4 Å². The van der Waals surface area contributed by atoms with Crippen molar-refractivity contribution in [3.8, 4) is 0 Å². The second-order valence-electron chi connectivity index (χ2n) is 2.46. The van der Waals surface area contributed by atoms with E-state index in [1.54, 1.807) is 25.4 Å². The molecule has 0 aliphatic rings. The number of anilines is 1. The molecule has 3 nitrogen and oxygen atoms in total. The summed E-state index contributed by atoms with van der Waals surface area (Å²) < 4.78 is 0. The Morgan fingerprint density at radius 3 is 3.00 bits per heavy atom. The Morgan fingerprint density at radius 2 is 2.42 bits per heavy atom. The third-order valence-electron chi connectivity index (χ3n) is 1.66. The monoisotopic (exact) mass is 164 g/mol. The van der Waals surface area contributed by atoms with Gasteiger partial charge in [0.2, 0.25) is 0 Å². The van der Waals surface area contributed by atoms with Gasteiger partial charge in [-0.15, -0.1) is 0 Å². The van der Waals surface area contributed by atoms with Crippen molar-refractivity contribution in [2.24, 2.45) is 0 Å². The van der Waals surface area contributed by atoms with Crippen LogP contribution < -0.4 is 5.32 Å². The van der Waals surface area contributed by atoms with Gasteiger partial charge >= 0.3 is 0 Å². The maximum absolute atomic E-state index is 11.2.